The van der Waals surface area contributed by atoms with E-state index in [9.17, 15) is 0 Å². The molecular weight excluding hydrogens is 396 g/mol. The second-order valence-electron chi connectivity index (χ2n) is 12.1. The van der Waals surface area contributed by atoms with Gasteiger partial charge in [0, 0.05) is 19.0 Å². The van der Waals surface area contributed by atoms with Gasteiger partial charge in [-0.15, -0.1) is 0 Å². The van der Waals surface area contributed by atoms with Crippen LogP contribution in [0, 0.1) is 0 Å². The average Bonchev–Trinajstić information content (AvgIpc) is 2.38. The summed E-state index contributed by atoms with van der Waals surface area (Å²) in [5, 5.41) is 0. The quantitative estimate of drug-likeness (QED) is 0.231. The molecule has 29 heavy (non-hydrogen) atoms. The Kier molecular flexibility index (Phi) is 12.5. The smallest absolute Gasteiger partial charge is 0.156 e. The fourth-order valence-corrected chi connectivity index (χ4v) is 6.85. The number of hydrogen-bond acceptors (Lipinski definition) is 4. The number of hydrogen-bond donors (Lipinski definition) is 0. The Morgan fingerprint density at radius 3 is 0.931 bits per heavy atom. The number of rotatable bonds is 12. The lowest BCUT2D eigenvalue weighted by Crippen LogP contribution is -2.35. The average molecular weight is 449 g/mol. The molecule has 0 saturated carbocycles. The van der Waals surface area contributed by atoms with E-state index in [1.807, 2.05) is 0 Å². The van der Waals surface area contributed by atoms with E-state index in [4.69, 9.17) is 18.9 Å². The Morgan fingerprint density at radius 1 is 0.483 bits per heavy atom. The van der Waals surface area contributed by atoms with Crippen molar-refractivity contribution in [2.75, 3.05) is 0 Å². The van der Waals surface area contributed by atoms with Gasteiger partial charge in [0.25, 0.3) is 0 Å². The first-order valence-corrected chi connectivity index (χ1v) is 15.6. The highest BCUT2D eigenvalue weighted by atomic mass is 28.2. The van der Waals surface area contributed by atoms with Gasteiger partial charge in [-0.2, -0.15) is 0 Å². The highest BCUT2D eigenvalue weighted by molar-refractivity contribution is 6.37. The van der Waals surface area contributed by atoms with Gasteiger partial charge in [-0.05, 0) is 95.2 Å². The molecule has 4 nitrogen and oxygen atoms in total. The summed E-state index contributed by atoms with van der Waals surface area (Å²) in [5.41, 5.74) is -0.641. The van der Waals surface area contributed by atoms with Gasteiger partial charge in [0.2, 0.25) is 0 Å². The third-order valence-corrected chi connectivity index (χ3v) is 7.58. The van der Waals surface area contributed by atoms with Gasteiger partial charge in [-0.3, -0.25) is 0 Å². The maximum Gasteiger partial charge on any atom is 0.156 e. The molecule has 0 spiro atoms. The van der Waals surface area contributed by atoms with Crippen LogP contribution in [0.4, 0.5) is 0 Å². The lowest BCUT2D eigenvalue weighted by atomic mass is 10.2. The molecule has 0 bridgehead atoms. The van der Waals surface area contributed by atoms with Gasteiger partial charge in [0.15, 0.2) is 12.6 Å². The van der Waals surface area contributed by atoms with Crippen LogP contribution in [0.5, 0.6) is 0 Å². The van der Waals surface area contributed by atoms with Crippen molar-refractivity contribution in [3.63, 3.8) is 0 Å². The molecule has 0 atom stereocenters. The lowest BCUT2D eigenvalue weighted by Gasteiger charge is -2.33. The molecule has 0 aliphatic rings. The molecule has 0 heterocycles. The zero-order valence-electron chi connectivity index (χ0n) is 21.7. The van der Waals surface area contributed by atoms with Crippen LogP contribution < -0.4 is 0 Å². The van der Waals surface area contributed by atoms with Crippen LogP contribution in [0.1, 0.15) is 89.5 Å². The largest absolute Gasteiger partial charge is 0.347 e. The van der Waals surface area contributed by atoms with E-state index in [1.165, 1.54) is 18.5 Å². The Morgan fingerprint density at radius 2 is 0.724 bits per heavy atom. The van der Waals surface area contributed by atoms with Crippen molar-refractivity contribution in [1.82, 2.24) is 0 Å². The second-order valence-corrected chi connectivity index (χ2v) is 16.1. The van der Waals surface area contributed by atoms with Gasteiger partial charge < -0.3 is 18.9 Å². The number of ether oxygens (including phenoxy) is 4. The zero-order valence-corrected chi connectivity index (χ0v) is 24.6. The minimum atomic E-state index is -0.167. The molecule has 176 valence electrons. The van der Waals surface area contributed by atoms with E-state index >= 15 is 0 Å². The van der Waals surface area contributed by atoms with Gasteiger partial charge >= 0.3 is 0 Å². The highest BCUT2D eigenvalue weighted by Crippen LogP contribution is 2.22. The third-order valence-electron chi connectivity index (χ3n) is 3.82. The second kappa shape index (κ2) is 12.3. The highest BCUT2D eigenvalue weighted by Gasteiger charge is 2.25. The normalized spacial score (nSPS) is 15.1. The minimum absolute atomic E-state index is 0.0661. The zero-order chi connectivity index (χ0) is 22.9. The fourth-order valence-electron chi connectivity index (χ4n) is 3.01. The van der Waals surface area contributed by atoms with E-state index in [1.54, 1.807) is 0 Å². The molecule has 0 aliphatic carbocycles. The molecular formula is C23H52O4Si2. The predicted molar refractivity (Wildman–Crippen MR) is 132 cm³/mol. The van der Waals surface area contributed by atoms with E-state index in [0.29, 0.717) is 0 Å². The molecule has 0 fully saturated rings. The van der Waals surface area contributed by atoms with Crippen molar-refractivity contribution in [1.29, 1.82) is 0 Å². The maximum atomic E-state index is 6.15. The summed E-state index contributed by atoms with van der Waals surface area (Å²) in [5.74, 6) is 0. The van der Waals surface area contributed by atoms with Crippen molar-refractivity contribution < 1.29 is 18.9 Å². The molecule has 0 aromatic heterocycles. The summed E-state index contributed by atoms with van der Waals surface area (Å²) in [6, 6.07) is 4.93. The van der Waals surface area contributed by atoms with Crippen LogP contribution in [0.25, 0.3) is 0 Å². The molecule has 0 aliphatic heterocycles. The summed E-state index contributed by atoms with van der Waals surface area (Å²) >= 11 is 0. The minimum Gasteiger partial charge on any atom is -0.347 e. The van der Waals surface area contributed by atoms with E-state index < -0.39 is 0 Å². The van der Waals surface area contributed by atoms with Crippen LogP contribution in [-0.2, 0) is 18.9 Å². The van der Waals surface area contributed by atoms with Gasteiger partial charge in [0.1, 0.15) is 0 Å². The Hall–Kier alpha value is 0.274. The Balaban J connectivity index is 4.23. The summed E-state index contributed by atoms with van der Waals surface area (Å²) < 4.78 is 24.6. The molecule has 0 radical (unpaired) electrons. The van der Waals surface area contributed by atoms with E-state index in [-0.39, 0.29) is 54.0 Å². The Labute approximate surface area is 186 Å². The molecule has 0 unspecified atom stereocenters. The van der Waals surface area contributed by atoms with Gasteiger partial charge in [-0.25, -0.2) is 0 Å². The van der Waals surface area contributed by atoms with Crippen molar-refractivity contribution in [3.8, 4) is 0 Å². The van der Waals surface area contributed by atoms with Crippen LogP contribution in [0.15, 0.2) is 0 Å². The predicted octanol–water partition coefficient (Wildman–Crippen LogP) is 5.30. The van der Waals surface area contributed by atoms with Gasteiger partial charge in [-0.1, -0.05) is 18.5 Å². The standard InChI is InChI=1S/C23H52O4Si2/c1-20(2,3)24-18(25-21(4,5)6)16-28-14-13-15-29-17-19(26-22(7,8)9)27-23(10,11)12/h18-19H,13-17,28-29H2,1-12H3. The van der Waals surface area contributed by atoms with Crippen LogP contribution in [0.2, 0.25) is 24.2 Å². The third kappa shape index (κ3) is 21.3. The molecule has 0 rings (SSSR count). The monoisotopic (exact) mass is 448 g/mol. The molecule has 0 aromatic rings. The summed E-state index contributed by atoms with van der Waals surface area (Å²) in [6.07, 6.45) is 1.21. The molecule has 0 amide bonds. The van der Waals surface area contributed by atoms with Crippen molar-refractivity contribution in [2.45, 2.75) is 149 Å². The van der Waals surface area contributed by atoms with Crippen LogP contribution >= 0.6 is 0 Å². The molecule has 0 aromatic carbocycles. The van der Waals surface area contributed by atoms with Crippen molar-refractivity contribution in [2.24, 2.45) is 0 Å². The van der Waals surface area contributed by atoms with Crippen LogP contribution in [0.3, 0.4) is 0 Å². The molecule has 0 N–H and O–H groups in total. The first kappa shape index (κ1) is 29.3. The SMILES string of the molecule is CC(C)(C)OC(C[SiH2]CCC[SiH2]CC(OC(C)(C)C)OC(C)(C)C)OC(C)(C)C. The molecule has 0 saturated heterocycles. The molecule has 6 heteroatoms. The summed E-state index contributed by atoms with van der Waals surface area (Å²) in [7, 11) is -0.334. The lowest BCUT2D eigenvalue weighted by molar-refractivity contribution is -0.224. The van der Waals surface area contributed by atoms with E-state index in [0.717, 1.165) is 12.1 Å². The summed E-state index contributed by atoms with van der Waals surface area (Å²) in [4.78, 5) is 0. The Bertz CT molecular complexity index is 356. The first-order valence-electron chi connectivity index (χ1n) is 11.6. The topological polar surface area (TPSA) is 36.9 Å². The van der Waals surface area contributed by atoms with Crippen LogP contribution in [-0.4, -0.2) is 54.0 Å². The fraction of sp³-hybridized carbons (Fsp3) is 1.00. The van der Waals surface area contributed by atoms with Crippen molar-refractivity contribution >= 4 is 19.0 Å². The van der Waals surface area contributed by atoms with Crippen molar-refractivity contribution in [3.05, 3.63) is 0 Å². The first-order chi connectivity index (χ1) is 12.9. The van der Waals surface area contributed by atoms with E-state index in [2.05, 4.69) is 83.1 Å². The summed E-state index contributed by atoms with van der Waals surface area (Å²) in [6.45, 7) is 25.3. The maximum absolute atomic E-state index is 6.15. The van der Waals surface area contributed by atoms with Gasteiger partial charge in [0.05, 0.1) is 22.4 Å².